The molecule has 76 heavy (non-hydrogen) atoms. The first-order valence-corrected chi connectivity index (χ1v) is 26.7. The summed E-state index contributed by atoms with van der Waals surface area (Å²) in [6.45, 7) is 15.9. The van der Waals surface area contributed by atoms with Gasteiger partial charge in [-0.2, -0.15) is 0 Å². The summed E-state index contributed by atoms with van der Waals surface area (Å²) in [7, 11) is 0. The van der Waals surface area contributed by atoms with Gasteiger partial charge in [0.2, 0.25) is 0 Å². The minimum Gasteiger partial charge on any atom is -0.310 e. The van der Waals surface area contributed by atoms with E-state index in [-0.39, 0.29) is 0 Å². The highest BCUT2D eigenvalue weighted by molar-refractivity contribution is 6.22. The molecule has 0 bridgehead atoms. The molecule has 0 radical (unpaired) electrons. The Morgan fingerprint density at radius 2 is 0.553 bits per heavy atom. The summed E-state index contributed by atoms with van der Waals surface area (Å²) >= 11 is 0. The third kappa shape index (κ3) is 11.2. The molecule has 0 N–H and O–H groups in total. The Labute approximate surface area is 451 Å². The van der Waals surface area contributed by atoms with Crippen molar-refractivity contribution in [1.29, 1.82) is 0 Å². The zero-order valence-corrected chi connectivity index (χ0v) is 44.3. The Bertz CT molecular complexity index is 3420. The molecule has 11 aromatic carbocycles. The third-order valence-corrected chi connectivity index (χ3v) is 14.0. The monoisotopic (exact) mass is 983 g/mol. The molecule has 0 unspecified atom stereocenters. The Morgan fingerprint density at radius 3 is 0.842 bits per heavy atom. The van der Waals surface area contributed by atoms with E-state index >= 15 is 0 Å². The van der Waals surface area contributed by atoms with Crippen LogP contribution in [0.15, 0.2) is 280 Å². The Kier molecular flexibility index (Phi) is 15.6. The van der Waals surface area contributed by atoms with E-state index in [1.54, 1.807) is 12.2 Å². The van der Waals surface area contributed by atoms with Crippen LogP contribution in [0.1, 0.15) is 38.8 Å². The molecule has 0 aromatic heterocycles. The van der Waals surface area contributed by atoms with Gasteiger partial charge in [0, 0.05) is 34.1 Å². The molecular weight excluding hydrogens is 917 g/mol. The summed E-state index contributed by atoms with van der Waals surface area (Å²) in [6, 6.07) is 94.0. The predicted octanol–water partition coefficient (Wildman–Crippen LogP) is 21.4. The fourth-order valence-electron chi connectivity index (χ4n) is 10.6. The molecule has 0 saturated carbocycles. The molecule has 11 aromatic rings. The lowest BCUT2D eigenvalue weighted by atomic mass is 9.85. The zero-order chi connectivity index (χ0) is 52.4. The average molecular weight is 983 g/mol. The molecule has 2 heteroatoms. The van der Waals surface area contributed by atoms with Crippen molar-refractivity contribution in [3.05, 3.63) is 291 Å². The Balaban J connectivity index is 0.00000159. The fraction of sp³-hybridized carbons (Fsp3) is 0.108. The molecular formula is C74H66N2. The summed E-state index contributed by atoms with van der Waals surface area (Å²) < 4.78 is 0. The van der Waals surface area contributed by atoms with Crippen molar-refractivity contribution in [1.82, 2.24) is 0 Å². The van der Waals surface area contributed by atoms with E-state index in [2.05, 4.69) is 305 Å². The van der Waals surface area contributed by atoms with Crippen molar-refractivity contribution in [3.63, 3.8) is 0 Å². The van der Waals surface area contributed by atoms with E-state index < -0.39 is 0 Å². The first-order chi connectivity index (χ1) is 37.3. The highest BCUT2D eigenvalue weighted by Gasteiger charge is 2.23. The van der Waals surface area contributed by atoms with Crippen molar-refractivity contribution in [3.8, 4) is 44.5 Å². The van der Waals surface area contributed by atoms with Gasteiger partial charge in [-0.1, -0.05) is 235 Å². The van der Waals surface area contributed by atoms with Gasteiger partial charge in [0.25, 0.3) is 0 Å². The number of fused-ring (bicyclic) bond motifs is 2. The van der Waals surface area contributed by atoms with E-state index in [0.717, 1.165) is 47.0 Å². The smallest absolute Gasteiger partial charge is 0.0468 e. The van der Waals surface area contributed by atoms with E-state index in [0.29, 0.717) is 11.8 Å². The van der Waals surface area contributed by atoms with E-state index in [9.17, 15) is 0 Å². The first kappa shape index (κ1) is 50.5. The topological polar surface area (TPSA) is 6.48 Å². The molecule has 0 aliphatic heterocycles. The van der Waals surface area contributed by atoms with Gasteiger partial charge < -0.3 is 9.80 Å². The second kappa shape index (κ2) is 23.5. The molecule has 0 aliphatic carbocycles. The zero-order valence-electron chi connectivity index (χ0n) is 44.3. The lowest BCUT2D eigenvalue weighted by Gasteiger charge is -2.28. The van der Waals surface area contributed by atoms with Crippen LogP contribution in [0.4, 0.5) is 34.1 Å². The summed E-state index contributed by atoms with van der Waals surface area (Å²) in [6.07, 6.45) is 5.37. The highest BCUT2D eigenvalue weighted by atomic mass is 15.1. The van der Waals surface area contributed by atoms with Crippen LogP contribution in [-0.4, -0.2) is 0 Å². The molecule has 0 saturated heterocycles. The summed E-state index contributed by atoms with van der Waals surface area (Å²) in [5, 5.41) is 4.82. The van der Waals surface area contributed by atoms with E-state index in [4.69, 9.17) is 0 Å². The van der Waals surface area contributed by atoms with Gasteiger partial charge in [0.1, 0.15) is 0 Å². The Hall–Kier alpha value is -8.98. The molecule has 0 spiro atoms. The predicted molar refractivity (Wildman–Crippen MR) is 330 cm³/mol. The number of hydrogen-bond acceptors (Lipinski definition) is 2. The second-order valence-electron chi connectivity index (χ2n) is 20.4. The van der Waals surface area contributed by atoms with Gasteiger partial charge in [-0.25, -0.2) is 0 Å². The van der Waals surface area contributed by atoms with Crippen LogP contribution in [0, 0.1) is 11.8 Å². The average Bonchev–Trinajstić information content (AvgIpc) is 3.54. The van der Waals surface area contributed by atoms with Gasteiger partial charge in [-0.3, -0.25) is 0 Å². The maximum Gasteiger partial charge on any atom is 0.0468 e. The number of anilines is 6. The maximum atomic E-state index is 3.36. The molecule has 2 nitrogen and oxygen atoms in total. The molecule has 0 amide bonds. The first-order valence-electron chi connectivity index (χ1n) is 26.7. The molecule has 0 heterocycles. The number of hydrogen-bond donors (Lipinski definition) is 0. The molecule has 0 aliphatic rings. The fourth-order valence-corrected chi connectivity index (χ4v) is 10.6. The van der Waals surface area contributed by atoms with Crippen molar-refractivity contribution in [2.24, 2.45) is 11.8 Å². The van der Waals surface area contributed by atoms with Gasteiger partial charge >= 0.3 is 0 Å². The van der Waals surface area contributed by atoms with Crippen LogP contribution in [0.2, 0.25) is 0 Å². The van der Waals surface area contributed by atoms with Crippen molar-refractivity contribution >= 4 is 55.7 Å². The van der Waals surface area contributed by atoms with Crippen LogP contribution >= 0.6 is 0 Å². The van der Waals surface area contributed by atoms with Crippen molar-refractivity contribution < 1.29 is 0 Å². The molecule has 0 fully saturated rings. The highest BCUT2D eigenvalue weighted by Crippen LogP contribution is 2.48. The number of rotatable bonds is 15. The van der Waals surface area contributed by atoms with Gasteiger partial charge in [-0.05, 0) is 175 Å². The van der Waals surface area contributed by atoms with Crippen molar-refractivity contribution in [2.75, 3.05) is 9.80 Å². The van der Waals surface area contributed by atoms with Crippen LogP contribution < -0.4 is 9.80 Å². The van der Waals surface area contributed by atoms with Gasteiger partial charge in [0.15, 0.2) is 0 Å². The normalized spacial score (nSPS) is 11.1. The molecule has 0 atom stereocenters. The largest absolute Gasteiger partial charge is 0.310 e. The standard InChI is InChI=1S/C70H60N2.C4H6/c1-49(2)45-51-25-33-59(34-26-51)71(61-37-29-55(30-38-61)53-17-9-5-10-18-53)63-41-43-65-67(47-63)69(57-21-13-7-14-22-57)66-44-42-64(48-68(66)70(65)58-23-15-8-16-24-58)72(60-35-27-52(28-36-60)46-50(3)4)62-39-31-56(32-40-62)54-19-11-6-12-20-54;1-3-4-2/h5-44,47-50H,45-46H2,1-4H3;3-4H,1-2H2. The van der Waals surface area contributed by atoms with E-state index in [1.807, 2.05) is 0 Å². The summed E-state index contributed by atoms with van der Waals surface area (Å²) in [5.74, 6) is 1.16. The lowest BCUT2D eigenvalue weighted by molar-refractivity contribution is 0.647. The van der Waals surface area contributed by atoms with Crippen LogP contribution in [0.3, 0.4) is 0 Å². The SMILES string of the molecule is C=CC=C.CC(C)Cc1ccc(N(c2ccc(-c3ccccc3)cc2)c2ccc3c(-c4ccccc4)c4cc(N(c5ccc(CC(C)C)cc5)c5ccc(-c6ccccc6)cc5)ccc4c(-c4ccccc4)c3c2)cc1. The van der Waals surface area contributed by atoms with Crippen LogP contribution in [0.25, 0.3) is 66.1 Å². The molecule has 372 valence electrons. The summed E-state index contributed by atoms with van der Waals surface area (Å²) in [4.78, 5) is 4.84. The second-order valence-corrected chi connectivity index (χ2v) is 20.4. The quantitative estimate of drug-likeness (QED) is 0.0746. The lowest BCUT2D eigenvalue weighted by Crippen LogP contribution is -2.11. The molecule has 11 rings (SSSR count). The maximum absolute atomic E-state index is 3.36. The number of nitrogens with zero attached hydrogens (tertiary/aromatic N) is 2. The number of benzene rings is 11. The van der Waals surface area contributed by atoms with E-state index in [1.165, 1.54) is 77.2 Å². The van der Waals surface area contributed by atoms with Crippen LogP contribution in [0.5, 0.6) is 0 Å². The minimum atomic E-state index is 0.578. The van der Waals surface area contributed by atoms with Gasteiger partial charge in [0.05, 0.1) is 0 Å². The third-order valence-electron chi connectivity index (χ3n) is 14.0. The Morgan fingerprint density at radius 1 is 0.289 bits per heavy atom. The van der Waals surface area contributed by atoms with Crippen LogP contribution in [-0.2, 0) is 12.8 Å². The number of allylic oxidation sites excluding steroid dienone is 2. The van der Waals surface area contributed by atoms with Crippen molar-refractivity contribution in [2.45, 2.75) is 40.5 Å². The summed E-state index contributed by atoms with van der Waals surface area (Å²) in [5.41, 5.74) is 19.0. The minimum absolute atomic E-state index is 0.578. The van der Waals surface area contributed by atoms with Gasteiger partial charge in [-0.15, -0.1) is 0 Å².